The number of nitrogens with one attached hydrogen (secondary N) is 6. The summed E-state index contributed by atoms with van der Waals surface area (Å²) in [6.45, 7) is 18.9. The van der Waals surface area contributed by atoms with Crippen molar-refractivity contribution < 1.29 is 91.0 Å². The monoisotopic (exact) mass is 1700 g/mol. The van der Waals surface area contributed by atoms with Crippen LogP contribution in [-0.2, 0) is 78.2 Å². The SMILES string of the molecule is CCC(C)[C@@H]([C@@H](CC(=O)N1CCC[C@H]1[C@H](OC)[C@@H](C)C(=O)N[C@H](C)[C@@H](O)c1ccccc1)OC)N(C)C(=O)[C@@H](NC(=O)[C@H](C(C)C)N(C)C(=O)OCc1ccc(NC(=O)[C@H](CCCNC(N)=O)NC(=O)[C@@H](NC(=O)COCCOCCOCCOc2ccc(N3C(=O)C(Sc4ccccc4)=C(Sc4ccccc4)C3=O)cc2)C(C)C)cc1)C(C)C. The van der Waals surface area contributed by atoms with E-state index >= 15 is 0 Å². The number of anilines is 2. The number of urea groups is 1. The minimum absolute atomic E-state index is 0.0485. The lowest BCUT2D eigenvalue weighted by Crippen LogP contribution is -2.60. The number of imide groups is 1. The first-order valence-electron chi connectivity index (χ1n) is 40.8. The van der Waals surface area contributed by atoms with Crippen LogP contribution >= 0.6 is 23.5 Å². The number of hydrogen-bond acceptors (Lipinski definition) is 21. The Bertz CT molecular complexity index is 4130. The quantitative estimate of drug-likeness (QED) is 0.0133. The minimum Gasteiger partial charge on any atom is -0.491 e. The highest BCUT2D eigenvalue weighted by molar-refractivity contribution is 8.08. The summed E-state index contributed by atoms with van der Waals surface area (Å²) in [4.78, 5) is 160. The van der Waals surface area contributed by atoms with Gasteiger partial charge in [-0.1, -0.05) is 171 Å². The van der Waals surface area contributed by atoms with Gasteiger partial charge < -0.3 is 85.7 Å². The van der Waals surface area contributed by atoms with Gasteiger partial charge in [0.15, 0.2) is 0 Å². The van der Waals surface area contributed by atoms with Crippen LogP contribution in [0.25, 0.3) is 0 Å². The van der Waals surface area contributed by atoms with Crippen molar-refractivity contribution in [1.29, 1.82) is 0 Å². The lowest BCUT2D eigenvalue weighted by atomic mass is 9.89. The molecule has 120 heavy (non-hydrogen) atoms. The zero-order valence-corrected chi connectivity index (χ0v) is 72.9. The summed E-state index contributed by atoms with van der Waals surface area (Å²) in [7, 11) is 6.07. The van der Waals surface area contributed by atoms with Crippen molar-refractivity contribution in [3.8, 4) is 5.75 Å². The molecule has 1 unspecified atom stereocenters. The molecule has 0 spiro atoms. The Labute approximate surface area is 712 Å². The largest absolute Gasteiger partial charge is 0.491 e. The fourth-order valence-electron chi connectivity index (χ4n) is 14.3. The van der Waals surface area contributed by atoms with Crippen LogP contribution in [-0.4, -0.2) is 227 Å². The predicted molar refractivity (Wildman–Crippen MR) is 458 cm³/mol. The van der Waals surface area contributed by atoms with Gasteiger partial charge in [0.1, 0.15) is 49.7 Å². The van der Waals surface area contributed by atoms with Gasteiger partial charge in [-0.25, -0.2) is 14.5 Å². The Morgan fingerprint density at radius 2 is 1.18 bits per heavy atom. The van der Waals surface area contributed by atoms with Gasteiger partial charge in [0, 0.05) is 56.9 Å². The molecule has 12 atom stereocenters. The van der Waals surface area contributed by atoms with E-state index in [2.05, 4.69) is 31.9 Å². The van der Waals surface area contributed by atoms with E-state index in [0.29, 0.717) is 63.9 Å². The normalized spacial score (nSPS) is 16.3. The van der Waals surface area contributed by atoms with Crippen molar-refractivity contribution in [2.75, 3.05) is 97.9 Å². The van der Waals surface area contributed by atoms with Crippen molar-refractivity contribution in [2.24, 2.45) is 35.3 Å². The number of nitrogens with zero attached hydrogens (tertiary/aromatic N) is 4. The molecule has 654 valence electrons. The van der Waals surface area contributed by atoms with Gasteiger partial charge in [-0.2, -0.15) is 0 Å². The molecule has 0 radical (unpaired) electrons. The van der Waals surface area contributed by atoms with Gasteiger partial charge in [-0.3, -0.25) is 48.1 Å². The molecular weight excluding hydrogens is 1580 g/mol. The van der Waals surface area contributed by atoms with Gasteiger partial charge in [0.05, 0.1) is 97.3 Å². The summed E-state index contributed by atoms with van der Waals surface area (Å²) < 4.78 is 40.5. The number of primary amides is 1. The molecule has 0 saturated carbocycles. The Morgan fingerprint density at radius 3 is 1.73 bits per heavy atom. The number of thioether (sulfide) groups is 2. The molecule has 2 aliphatic heterocycles. The van der Waals surface area contributed by atoms with Crippen molar-refractivity contribution >= 4 is 100 Å². The Kier molecular flexibility index (Phi) is 39.8. The molecule has 0 aromatic heterocycles. The third-order valence-corrected chi connectivity index (χ3v) is 23.3. The molecule has 30 nitrogen and oxygen atoms in total. The summed E-state index contributed by atoms with van der Waals surface area (Å²) in [6, 6.07) is 34.1. The van der Waals surface area contributed by atoms with E-state index in [1.165, 1.54) is 54.6 Å². The second-order valence-electron chi connectivity index (χ2n) is 30.9. The molecule has 5 aromatic carbocycles. The van der Waals surface area contributed by atoms with E-state index in [-0.39, 0.29) is 89.8 Å². The lowest BCUT2D eigenvalue weighted by molar-refractivity contribution is -0.148. The summed E-state index contributed by atoms with van der Waals surface area (Å²) in [5.74, 6) is -5.98. The van der Waals surface area contributed by atoms with E-state index in [1.54, 1.807) is 133 Å². The number of aliphatic hydroxyl groups excluding tert-OH is 1. The van der Waals surface area contributed by atoms with E-state index in [0.717, 1.165) is 9.79 Å². The highest BCUT2D eigenvalue weighted by Gasteiger charge is 2.45. The predicted octanol–water partition coefficient (Wildman–Crippen LogP) is 9.39. The third kappa shape index (κ3) is 28.6. The summed E-state index contributed by atoms with van der Waals surface area (Å²) in [6.07, 6.45) is -1.19. The number of carbonyl (C=O) groups is 11. The lowest BCUT2D eigenvalue weighted by Gasteiger charge is -2.41. The van der Waals surface area contributed by atoms with E-state index in [4.69, 9.17) is 38.9 Å². The first-order chi connectivity index (χ1) is 57.4. The Hall–Kier alpha value is -9.93. The van der Waals surface area contributed by atoms with Gasteiger partial charge in [-0.05, 0) is 128 Å². The standard InChI is InChI=1S/C88H121N11O19S2/c1-15-57(8)75(69(112-13)51-71(101)98-44-26-34-68(98)77(113-14)58(9)80(103)91-59(10)76(102)61-27-19-16-20-28-61)96(11)84(107)73(55(4)5)95-83(106)74(56(6)7)97(12)88(111)118-52-60-35-37-62(38-36-60)92-81(104)67(33-25-43-90-87(89)110)93-82(105)72(54(2)3)94-70(100)53-116-48-47-114-45-46-115-49-50-117-64-41-39-63(40-42-64)99-85(108)78(119-65-29-21-17-22-30-65)79(86(99)109)120-66-31-23-18-24-32-66/h16-24,27-32,35-42,54-59,67-69,72-77,102H,15,25-26,33-34,43-53H2,1-14H3,(H,91,103)(H,92,104)(H,93,105)(H,94,100)(H,95,106)(H3,89,90,110)/t57?,58-,59-,67+,68+,69-,72+,73+,74+,75+,76-,77-/m1/s1. The highest BCUT2D eigenvalue weighted by atomic mass is 32.2. The van der Waals surface area contributed by atoms with Crippen LogP contribution in [0.2, 0.25) is 0 Å². The van der Waals surface area contributed by atoms with Crippen LogP contribution in [0.15, 0.2) is 159 Å². The fraction of sp³-hybridized carbons (Fsp3) is 0.511. The van der Waals surface area contributed by atoms with Crippen molar-refractivity contribution in [3.05, 3.63) is 160 Å². The number of rotatable bonds is 49. The molecular formula is C88H121N11O19S2. The van der Waals surface area contributed by atoms with E-state index in [1.807, 2.05) is 92.7 Å². The van der Waals surface area contributed by atoms with Crippen LogP contribution in [0.5, 0.6) is 5.75 Å². The molecule has 32 heteroatoms. The van der Waals surface area contributed by atoms with Crippen LogP contribution in [0.4, 0.5) is 21.0 Å². The maximum atomic E-state index is 14.9. The second-order valence-corrected chi connectivity index (χ2v) is 33.0. The van der Waals surface area contributed by atoms with Crippen molar-refractivity contribution in [1.82, 2.24) is 41.3 Å². The van der Waals surface area contributed by atoms with Crippen LogP contribution in [0.3, 0.4) is 0 Å². The number of methoxy groups -OCH3 is 2. The number of benzene rings is 5. The van der Waals surface area contributed by atoms with Crippen LogP contribution in [0.1, 0.15) is 125 Å². The number of likely N-dealkylation sites (N-methyl/N-ethyl adjacent to an activating group) is 2. The fourth-order valence-corrected chi connectivity index (χ4v) is 16.3. The first-order valence-corrected chi connectivity index (χ1v) is 42.5. The molecule has 0 bridgehead atoms. The molecule has 12 amide bonds. The average molecular weight is 1700 g/mol. The maximum absolute atomic E-state index is 14.9. The maximum Gasteiger partial charge on any atom is 0.410 e. The topological polar surface area (TPSA) is 384 Å². The van der Waals surface area contributed by atoms with Gasteiger partial charge in [0.2, 0.25) is 41.4 Å². The second kappa shape index (κ2) is 49.1. The summed E-state index contributed by atoms with van der Waals surface area (Å²) in [5.41, 5.74) is 7.19. The average Bonchev–Trinajstić information content (AvgIpc) is 1.62. The number of carbonyl (C=O) groups excluding carboxylic acids is 11. The Morgan fingerprint density at radius 1 is 0.617 bits per heavy atom. The number of aliphatic hydroxyl groups is 1. The molecule has 1 fully saturated rings. The first kappa shape index (κ1) is 97.2. The zero-order chi connectivity index (χ0) is 87.7. The highest BCUT2D eigenvalue weighted by Crippen LogP contribution is 2.44. The van der Waals surface area contributed by atoms with E-state index < -0.39 is 144 Å². The van der Waals surface area contributed by atoms with Gasteiger partial charge in [0.25, 0.3) is 11.8 Å². The molecule has 0 aliphatic carbocycles. The number of likely N-dealkylation sites (tertiary alicyclic amines) is 1. The number of hydrogen-bond donors (Lipinski definition) is 8. The minimum atomic E-state index is -1.15. The molecule has 9 N–H and O–H groups in total. The van der Waals surface area contributed by atoms with Crippen LogP contribution in [0, 0.1) is 29.6 Å². The molecule has 1 saturated heterocycles. The summed E-state index contributed by atoms with van der Waals surface area (Å²) in [5, 5.41) is 27.6. The smallest absolute Gasteiger partial charge is 0.410 e. The Balaban J connectivity index is 0.834. The zero-order valence-electron chi connectivity index (χ0n) is 71.2. The molecule has 2 aliphatic rings. The number of ether oxygens (including phenoxy) is 7. The van der Waals surface area contributed by atoms with Crippen LogP contribution < -0.4 is 47.3 Å². The van der Waals surface area contributed by atoms with Crippen molar-refractivity contribution in [2.45, 2.75) is 185 Å². The number of amides is 12. The molecule has 5 aromatic rings. The van der Waals surface area contributed by atoms with Gasteiger partial charge in [-0.15, -0.1) is 0 Å². The van der Waals surface area contributed by atoms with Gasteiger partial charge >= 0.3 is 12.1 Å². The molecule has 2 heterocycles. The number of nitrogens with two attached hydrogens (primary N) is 1. The van der Waals surface area contributed by atoms with E-state index in [9.17, 15) is 57.8 Å². The van der Waals surface area contributed by atoms with Crippen molar-refractivity contribution in [3.63, 3.8) is 0 Å². The summed E-state index contributed by atoms with van der Waals surface area (Å²) >= 11 is 2.51. The molecule has 7 rings (SSSR count). The third-order valence-electron chi connectivity index (χ3n) is 21.0.